The first-order valence-corrected chi connectivity index (χ1v) is 8.07. The summed E-state index contributed by atoms with van der Waals surface area (Å²) in [4.78, 5) is 6.68. The van der Waals surface area contributed by atoms with Gasteiger partial charge in [-0.15, -0.1) is 35.3 Å². The third-order valence-corrected chi connectivity index (χ3v) is 4.83. The Morgan fingerprint density at radius 3 is 3.05 bits per heavy atom. The molecule has 1 aliphatic rings. The Kier molecular flexibility index (Phi) is 8.38. The molecule has 0 radical (unpaired) electrons. The van der Waals surface area contributed by atoms with Crippen molar-refractivity contribution < 1.29 is 4.74 Å². The molecule has 1 unspecified atom stereocenters. The molecule has 114 valence electrons. The molecule has 1 aliphatic heterocycles. The average Bonchev–Trinajstić information content (AvgIpc) is 3.01. The Morgan fingerprint density at radius 1 is 1.65 bits per heavy atom. The van der Waals surface area contributed by atoms with Gasteiger partial charge in [-0.05, 0) is 39.4 Å². The lowest BCUT2D eigenvalue weighted by atomic mass is 10.1. The van der Waals surface area contributed by atoms with Crippen LogP contribution in [0.3, 0.4) is 0 Å². The summed E-state index contributed by atoms with van der Waals surface area (Å²) in [5.74, 6) is 1.61. The minimum Gasteiger partial charge on any atom is -0.384 e. The van der Waals surface area contributed by atoms with Crippen LogP contribution >= 0.6 is 51.2 Å². The molecule has 1 atom stereocenters. The van der Waals surface area contributed by atoms with E-state index in [9.17, 15) is 0 Å². The van der Waals surface area contributed by atoms with Gasteiger partial charge in [0.1, 0.15) is 0 Å². The highest BCUT2D eigenvalue weighted by atomic mass is 127. The van der Waals surface area contributed by atoms with E-state index < -0.39 is 0 Å². The van der Waals surface area contributed by atoms with E-state index in [0.717, 1.165) is 32.2 Å². The normalized spacial score (nSPS) is 19.1. The van der Waals surface area contributed by atoms with Gasteiger partial charge in [-0.1, -0.05) is 0 Å². The molecular formula is C13H21BrIN3OS. The molecule has 0 aliphatic carbocycles. The van der Waals surface area contributed by atoms with Gasteiger partial charge >= 0.3 is 0 Å². The minimum absolute atomic E-state index is 0. The standard InChI is InChI=1S/C13H20BrN3OS.HI/c1-15-13(16-6-11-5-12(14)19-9-11)17-4-3-10(7-17)8-18-2;/h5,9-10H,3-4,6-8H2,1-2H3,(H,15,16);1H. The number of hydrogen-bond donors (Lipinski definition) is 1. The number of halogens is 2. The maximum atomic E-state index is 5.23. The zero-order valence-corrected chi connectivity index (χ0v) is 16.5. The van der Waals surface area contributed by atoms with Gasteiger partial charge in [-0.3, -0.25) is 4.99 Å². The van der Waals surface area contributed by atoms with E-state index in [1.165, 1.54) is 15.8 Å². The van der Waals surface area contributed by atoms with E-state index in [2.05, 4.69) is 42.6 Å². The number of hydrogen-bond acceptors (Lipinski definition) is 3. The van der Waals surface area contributed by atoms with Crippen LogP contribution in [0.2, 0.25) is 0 Å². The van der Waals surface area contributed by atoms with Crippen molar-refractivity contribution in [1.29, 1.82) is 0 Å². The van der Waals surface area contributed by atoms with E-state index in [0.29, 0.717) is 5.92 Å². The molecular weight excluding hydrogens is 453 g/mol. The molecule has 20 heavy (non-hydrogen) atoms. The number of aliphatic imine (C=N–C) groups is 1. The molecule has 4 nitrogen and oxygen atoms in total. The van der Waals surface area contributed by atoms with Crippen LogP contribution in [0.5, 0.6) is 0 Å². The highest BCUT2D eigenvalue weighted by Crippen LogP contribution is 2.21. The molecule has 0 bridgehead atoms. The zero-order chi connectivity index (χ0) is 13.7. The number of nitrogens with one attached hydrogen (secondary N) is 1. The molecule has 1 N–H and O–H groups in total. The van der Waals surface area contributed by atoms with E-state index in [1.54, 1.807) is 18.4 Å². The largest absolute Gasteiger partial charge is 0.384 e. The summed E-state index contributed by atoms with van der Waals surface area (Å²) >= 11 is 5.19. The van der Waals surface area contributed by atoms with Crippen molar-refractivity contribution in [3.8, 4) is 0 Å². The first kappa shape index (κ1) is 18.2. The van der Waals surface area contributed by atoms with Crippen molar-refractivity contribution in [2.24, 2.45) is 10.9 Å². The molecule has 1 aromatic heterocycles. The summed E-state index contributed by atoms with van der Waals surface area (Å²) in [5, 5.41) is 5.58. The van der Waals surface area contributed by atoms with Crippen molar-refractivity contribution >= 4 is 57.2 Å². The highest BCUT2D eigenvalue weighted by molar-refractivity contribution is 14.0. The second-order valence-corrected chi connectivity index (χ2v) is 7.01. The summed E-state index contributed by atoms with van der Waals surface area (Å²) in [7, 11) is 3.61. The van der Waals surface area contributed by atoms with Crippen molar-refractivity contribution in [2.45, 2.75) is 13.0 Å². The quantitative estimate of drug-likeness (QED) is 0.414. The van der Waals surface area contributed by atoms with Crippen LogP contribution in [0.25, 0.3) is 0 Å². The number of nitrogens with zero attached hydrogens (tertiary/aromatic N) is 2. The second-order valence-electron chi connectivity index (χ2n) is 4.72. The third-order valence-electron chi connectivity index (χ3n) is 3.27. The Morgan fingerprint density at radius 2 is 2.45 bits per heavy atom. The maximum absolute atomic E-state index is 5.23. The van der Waals surface area contributed by atoms with Crippen molar-refractivity contribution in [2.75, 3.05) is 33.9 Å². The van der Waals surface area contributed by atoms with E-state index in [-0.39, 0.29) is 24.0 Å². The number of likely N-dealkylation sites (tertiary alicyclic amines) is 1. The van der Waals surface area contributed by atoms with Crippen molar-refractivity contribution in [3.63, 3.8) is 0 Å². The number of thiophene rings is 1. The Bertz CT molecular complexity index is 441. The van der Waals surface area contributed by atoms with Crippen molar-refractivity contribution in [1.82, 2.24) is 10.2 Å². The van der Waals surface area contributed by atoms with Gasteiger partial charge in [0.25, 0.3) is 0 Å². The lowest BCUT2D eigenvalue weighted by Crippen LogP contribution is -2.39. The second kappa shape index (κ2) is 9.22. The molecule has 1 fully saturated rings. The first-order valence-electron chi connectivity index (χ1n) is 6.40. The van der Waals surface area contributed by atoms with Crippen LogP contribution < -0.4 is 5.32 Å². The fourth-order valence-electron chi connectivity index (χ4n) is 2.35. The van der Waals surface area contributed by atoms with Gasteiger partial charge in [0.2, 0.25) is 0 Å². The molecule has 2 rings (SSSR count). The minimum atomic E-state index is 0. The number of methoxy groups -OCH3 is 1. The van der Waals surface area contributed by atoms with Crippen LogP contribution in [-0.2, 0) is 11.3 Å². The molecule has 1 aromatic rings. The fourth-order valence-corrected chi connectivity index (χ4v) is 3.56. The number of rotatable bonds is 4. The van der Waals surface area contributed by atoms with Crippen LogP contribution in [-0.4, -0.2) is 44.7 Å². The van der Waals surface area contributed by atoms with Gasteiger partial charge in [0, 0.05) is 39.7 Å². The Hall–Kier alpha value is 0.140. The number of guanidine groups is 1. The van der Waals surface area contributed by atoms with Crippen LogP contribution in [0.4, 0.5) is 0 Å². The molecule has 0 saturated carbocycles. The van der Waals surface area contributed by atoms with E-state index in [1.807, 2.05) is 7.05 Å². The predicted octanol–water partition coefficient (Wildman–Crippen LogP) is 3.17. The highest BCUT2D eigenvalue weighted by Gasteiger charge is 2.24. The van der Waals surface area contributed by atoms with Gasteiger partial charge in [-0.2, -0.15) is 0 Å². The zero-order valence-electron chi connectivity index (χ0n) is 11.8. The van der Waals surface area contributed by atoms with Gasteiger partial charge < -0.3 is 15.0 Å². The van der Waals surface area contributed by atoms with Crippen molar-refractivity contribution in [3.05, 3.63) is 20.8 Å². The van der Waals surface area contributed by atoms with E-state index in [4.69, 9.17) is 4.74 Å². The van der Waals surface area contributed by atoms with Gasteiger partial charge in [0.15, 0.2) is 5.96 Å². The topological polar surface area (TPSA) is 36.9 Å². The summed E-state index contributed by atoms with van der Waals surface area (Å²) in [6.45, 7) is 3.74. The smallest absolute Gasteiger partial charge is 0.193 e. The summed E-state index contributed by atoms with van der Waals surface area (Å²) in [5.41, 5.74) is 1.28. The molecule has 2 heterocycles. The summed E-state index contributed by atoms with van der Waals surface area (Å²) in [6.07, 6.45) is 1.18. The third kappa shape index (κ3) is 5.16. The van der Waals surface area contributed by atoms with Crippen LogP contribution in [0.1, 0.15) is 12.0 Å². The Balaban J connectivity index is 0.00000200. The summed E-state index contributed by atoms with van der Waals surface area (Å²) in [6, 6.07) is 2.14. The molecule has 1 saturated heterocycles. The van der Waals surface area contributed by atoms with E-state index >= 15 is 0 Å². The van der Waals surface area contributed by atoms with Crippen LogP contribution in [0.15, 0.2) is 20.2 Å². The first-order chi connectivity index (χ1) is 9.22. The maximum Gasteiger partial charge on any atom is 0.193 e. The summed E-state index contributed by atoms with van der Waals surface area (Å²) < 4.78 is 6.40. The van der Waals surface area contributed by atoms with Crippen LogP contribution in [0, 0.1) is 5.92 Å². The van der Waals surface area contributed by atoms with Gasteiger partial charge in [-0.25, -0.2) is 0 Å². The average molecular weight is 474 g/mol. The molecule has 0 aromatic carbocycles. The lowest BCUT2D eigenvalue weighted by Gasteiger charge is -2.21. The molecule has 0 amide bonds. The fraction of sp³-hybridized carbons (Fsp3) is 0.615. The lowest BCUT2D eigenvalue weighted by molar-refractivity contribution is 0.157. The predicted molar refractivity (Wildman–Crippen MR) is 99.2 cm³/mol. The molecule has 7 heteroatoms. The molecule has 0 spiro atoms. The number of ether oxygens (including phenoxy) is 1. The van der Waals surface area contributed by atoms with Gasteiger partial charge in [0.05, 0.1) is 10.4 Å². The monoisotopic (exact) mass is 473 g/mol. The SMILES string of the molecule is CN=C(NCc1csc(Br)c1)N1CCC(COC)C1.I. The Labute approximate surface area is 150 Å².